The first kappa shape index (κ1) is 28.7. The molecule has 0 aromatic heterocycles. The lowest BCUT2D eigenvalue weighted by atomic mass is 9.71. The summed E-state index contributed by atoms with van der Waals surface area (Å²) < 4.78 is 15.8. The molecule has 0 spiro atoms. The zero-order valence-electron chi connectivity index (χ0n) is 24.2. The van der Waals surface area contributed by atoms with Crippen molar-refractivity contribution in [3.8, 4) is 0 Å². The molecule has 0 bridgehead atoms. The highest BCUT2D eigenvalue weighted by atomic mass is 16.7. The Morgan fingerprint density at radius 1 is 1.03 bits per heavy atom. The van der Waals surface area contributed by atoms with Crippen molar-refractivity contribution in [3.05, 3.63) is 47.6 Å². The first-order chi connectivity index (χ1) is 18.1. The summed E-state index contributed by atoms with van der Waals surface area (Å²) in [7, 11) is 0. The molecule has 1 saturated heterocycles. The lowest BCUT2D eigenvalue weighted by Crippen LogP contribution is -2.45. The van der Waals surface area contributed by atoms with Gasteiger partial charge in [0.1, 0.15) is 24.7 Å². The molecule has 0 N–H and O–H groups in total. The molecule has 4 rings (SSSR count). The van der Waals surface area contributed by atoms with E-state index in [-0.39, 0.29) is 25.3 Å². The molecule has 4 aliphatic rings. The third-order valence-electron chi connectivity index (χ3n) is 9.75. The van der Waals surface area contributed by atoms with Crippen LogP contribution < -0.4 is 0 Å². The fourth-order valence-electron chi connectivity index (χ4n) is 6.69. The molecule has 0 aromatic carbocycles. The maximum atomic E-state index is 12.9. The van der Waals surface area contributed by atoms with Crippen LogP contribution in [0.4, 0.5) is 4.79 Å². The molecule has 1 unspecified atom stereocenters. The molecular weight excluding hydrogens is 476 g/mol. The third-order valence-corrected chi connectivity index (χ3v) is 9.75. The van der Waals surface area contributed by atoms with Gasteiger partial charge in [-0.15, -0.1) is 0 Å². The summed E-state index contributed by atoms with van der Waals surface area (Å²) >= 11 is 0. The minimum atomic E-state index is -0.955. The number of carbonyl (C=O) groups excluding carboxylic acids is 2. The summed E-state index contributed by atoms with van der Waals surface area (Å²) in [5.41, 5.74) is 2.98. The predicted octanol–water partition coefficient (Wildman–Crippen LogP) is 7.97. The first-order valence-corrected chi connectivity index (χ1v) is 14.8. The molecule has 3 saturated carbocycles. The van der Waals surface area contributed by atoms with Crippen LogP contribution in [0.25, 0.3) is 0 Å². The van der Waals surface area contributed by atoms with Gasteiger partial charge in [0, 0.05) is 6.42 Å². The second-order valence-corrected chi connectivity index (χ2v) is 12.9. The van der Waals surface area contributed by atoms with E-state index in [0.29, 0.717) is 30.1 Å². The highest BCUT2D eigenvalue weighted by Crippen LogP contribution is 2.51. The normalized spacial score (nSPS) is 33.2. The molecule has 6 atom stereocenters. The van der Waals surface area contributed by atoms with Gasteiger partial charge in [0.15, 0.2) is 0 Å². The number of ether oxygens (including phenoxy) is 3. The number of hydrogen-bond donors (Lipinski definition) is 0. The van der Waals surface area contributed by atoms with Crippen LogP contribution >= 0.6 is 0 Å². The molecule has 38 heavy (non-hydrogen) atoms. The third kappa shape index (κ3) is 6.63. The summed E-state index contributed by atoms with van der Waals surface area (Å²) in [5, 5.41) is 0. The fourth-order valence-corrected chi connectivity index (χ4v) is 6.69. The Kier molecular flexibility index (Phi) is 9.26. The Hall–Kier alpha value is -2.30. The number of cyclic esters (lactones) is 2. The van der Waals surface area contributed by atoms with Crippen molar-refractivity contribution in [3.63, 3.8) is 0 Å². The van der Waals surface area contributed by atoms with Crippen LogP contribution in [-0.4, -0.2) is 31.4 Å². The van der Waals surface area contributed by atoms with E-state index in [1.165, 1.54) is 37.7 Å². The number of fused-ring (bicyclic) bond motifs is 1. The van der Waals surface area contributed by atoms with Crippen LogP contribution in [0.2, 0.25) is 0 Å². The quantitative estimate of drug-likeness (QED) is 0.250. The van der Waals surface area contributed by atoms with E-state index < -0.39 is 11.6 Å². The Bertz CT molecular complexity index is 975. The molecule has 210 valence electrons. The summed E-state index contributed by atoms with van der Waals surface area (Å²) in [4.78, 5) is 24.1. The van der Waals surface area contributed by atoms with Gasteiger partial charge < -0.3 is 14.2 Å². The smallest absolute Gasteiger partial charge is 0.461 e. The number of carbonyl (C=O) groups is 2. The highest BCUT2D eigenvalue weighted by molar-refractivity contribution is 5.78. The maximum Gasteiger partial charge on any atom is 0.508 e. The molecule has 4 fully saturated rings. The fraction of sp³-hybridized carbons (Fsp3) is 0.697. The maximum absolute atomic E-state index is 12.9. The molecule has 0 radical (unpaired) electrons. The van der Waals surface area contributed by atoms with E-state index in [0.717, 1.165) is 30.3 Å². The van der Waals surface area contributed by atoms with Crippen molar-refractivity contribution in [2.24, 2.45) is 40.9 Å². The zero-order chi connectivity index (χ0) is 27.4. The van der Waals surface area contributed by atoms with Crippen molar-refractivity contribution >= 4 is 12.1 Å². The van der Waals surface area contributed by atoms with E-state index in [4.69, 9.17) is 14.2 Å². The standard InChI is InChI=1S/C33H48O5/c1-21(2)22(3)10-11-24(5)28-16-17-29-25(8-7-9-30(28)29)13-14-26-18-27(15-12-23(26)4)38-31(34)33(6)19-36-32(35)37-20-33/h10-11,13-14,21-22,24,27-30H,4,7-9,12,15-20H2,1-3,5-6H3/b11-10+,25-13+,26-14-/t22-,24+,27-,28+,29-,30?/m0/s1. The average Bonchev–Trinajstić information content (AvgIpc) is 3.34. The molecule has 0 amide bonds. The molecule has 1 aliphatic heterocycles. The van der Waals surface area contributed by atoms with Crippen molar-refractivity contribution in [1.29, 1.82) is 0 Å². The predicted molar refractivity (Wildman–Crippen MR) is 150 cm³/mol. The summed E-state index contributed by atoms with van der Waals surface area (Å²) in [6.45, 7) is 15.4. The number of esters is 1. The summed E-state index contributed by atoms with van der Waals surface area (Å²) in [6, 6.07) is 0. The molecule has 5 nitrogen and oxygen atoms in total. The second-order valence-electron chi connectivity index (χ2n) is 12.9. The topological polar surface area (TPSA) is 61.8 Å². The van der Waals surface area contributed by atoms with Gasteiger partial charge in [-0.25, -0.2) is 4.79 Å². The van der Waals surface area contributed by atoms with Gasteiger partial charge in [-0.05, 0) is 93.0 Å². The van der Waals surface area contributed by atoms with Gasteiger partial charge >= 0.3 is 12.1 Å². The van der Waals surface area contributed by atoms with E-state index >= 15 is 0 Å². The molecule has 1 heterocycles. The van der Waals surface area contributed by atoms with Crippen molar-refractivity contribution in [1.82, 2.24) is 0 Å². The van der Waals surface area contributed by atoms with Gasteiger partial charge in [0.25, 0.3) is 0 Å². The van der Waals surface area contributed by atoms with Crippen LogP contribution in [-0.2, 0) is 19.0 Å². The van der Waals surface area contributed by atoms with E-state index in [1.54, 1.807) is 12.5 Å². The highest BCUT2D eigenvalue weighted by Gasteiger charge is 2.43. The van der Waals surface area contributed by atoms with Crippen LogP contribution in [0, 0.1) is 40.9 Å². The largest absolute Gasteiger partial charge is 0.508 e. The summed E-state index contributed by atoms with van der Waals surface area (Å²) in [6.07, 6.45) is 17.4. The average molecular weight is 525 g/mol. The van der Waals surface area contributed by atoms with Crippen LogP contribution in [0.1, 0.15) is 86.0 Å². The number of hydrogen-bond acceptors (Lipinski definition) is 5. The van der Waals surface area contributed by atoms with E-state index in [2.05, 4.69) is 58.6 Å². The second kappa shape index (κ2) is 12.3. The first-order valence-electron chi connectivity index (χ1n) is 14.8. The molecule has 0 aromatic rings. The van der Waals surface area contributed by atoms with Gasteiger partial charge in [-0.1, -0.05) is 69.7 Å². The minimum Gasteiger partial charge on any atom is -0.461 e. The monoisotopic (exact) mass is 524 g/mol. The molecule has 3 aliphatic carbocycles. The van der Waals surface area contributed by atoms with Crippen molar-refractivity contribution in [2.75, 3.05) is 13.2 Å². The van der Waals surface area contributed by atoms with Gasteiger partial charge in [-0.2, -0.15) is 0 Å². The van der Waals surface area contributed by atoms with Crippen molar-refractivity contribution < 1.29 is 23.8 Å². The minimum absolute atomic E-state index is 0.00635. The Labute approximate surface area is 229 Å². The lowest BCUT2D eigenvalue weighted by Gasteiger charge is -2.34. The Balaban J connectivity index is 1.38. The summed E-state index contributed by atoms with van der Waals surface area (Å²) in [5.74, 6) is 3.86. The van der Waals surface area contributed by atoms with E-state index in [9.17, 15) is 9.59 Å². The van der Waals surface area contributed by atoms with E-state index in [1.807, 2.05) is 0 Å². The SMILES string of the molecule is C=C1CC[C@H](OC(=O)C2(C)COC(=O)OC2)C/C1=C/C=C1\CCCC2[C@H]1CC[C@@H]2[C@H](C)/C=C/[C@H](C)C(C)C. The number of rotatable bonds is 7. The lowest BCUT2D eigenvalue weighted by molar-refractivity contribution is -0.172. The van der Waals surface area contributed by atoms with Gasteiger partial charge in [-0.3, -0.25) is 4.79 Å². The van der Waals surface area contributed by atoms with Crippen molar-refractivity contribution in [2.45, 2.75) is 92.1 Å². The molecular formula is C33H48O5. The number of allylic oxidation sites excluding steroid dienone is 6. The van der Waals surface area contributed by atoms with Gasteiger partial charge in [0.05, 0.1) is 0 Å². The zero-order valence-corrected chi connectivity index (χ0v) is 24.2. The van der Waals surface area contributed by atoms with Crippen LogP contribution in [0.15, 0.2) is 47.6 Å². The van der Waals surface area contributed by atoms with Crippen LogP contribution in [0.5, 0.6) is 0 Å². The Morgan fingerprint density at radius 3 is 2.47 bits per heavy atom. The molecule has 5 heteroatoms. The Morgan fingerprint density at radius 2 is 1.76 bits per heavy atom. The van der Waals surface area contributed by atoms with Gasteiger partial charge in [0.2, 0.25) is 0 Å². The van der Waals surface area contributed by atoms with Crippen LogP contribution in [0.3, 0.4) is 0 Å².